The van der Waals surface area contributed by atoms with Crippen molar-refractivity contribution >= 4 is 18.3 Å². The molecule has 1 aliphatic heterocycles. The van der Waals surface area contributed by atoms with Gasteiger partial charge in [0.25, 0.3) is 5.91 Å². The topological polar surface area (TPSA) is 50.4 Å². The van der Waals surface area contributed by atoms with Crippen molar-refractivity contribution in [2.24, 2.45) is 0 Å². The summed E-state index contributed by atoms with van der Waals surface area (Å²) >= 11 is 0. The van der Waals surface area contributed by atoms with Crippen molar-refractivity contribution in [3.05, 3.63) is 41.5 Å². The van der Waals surface area contributed by atoms with E-state index >= 15 is 0 Å². The van der Waals surface area contributed by atoms with Crippen LogP contribution in [0.3, 0.4) is 0 Å². The minimum Gasteiger partial charge on any atom is -0.494 e. The number of carbonyl (C=O) groups excluding carboxylic acids is 1. The number of hydrogen-bond acceptors (Lipinski definition) is 3. The van der Waals surface area contributed by atoms with Gasteiger partial charge in [-0.05, 0) is 38.1 Å². The molecule has 0 saturated heterocycles. The van der Waals surface area contributed by atoms with Crippen molar-refractivity contribution in [3.63, 3.8) is 0 Å². The number of halogens is 1. The van der Waals surface area contributed by atoms with E-state index in [-0.39, 0.29) is 18.3 Å². The zero-order valence-electron chi connectivity index (χ0n) is 11.6. The maximum atomic E-state index is 12.0. The second-order valence-electron chi connectivity index (χ2n) is 4.46. The molecule has 2 rings (SSSR count). The Labute approximate surface area is 126 Å². The standard InChI is InChI=1S/C15H20N2O2.ClH/c1-2-19-14-5-3-4-13(10-14)15(18)17-11-12-6-8-16-9-7-12;/h3-6,10,16H,2,7-9,11H2,1H3,(H,17,18);1H. The molecule has 110 valence electrons. The lowest BCUT2D eigenvalue weighted by atomic mass is 10.1. The SMILES string of the molecule is CCOc1cccc(C(=O)NCC2=CCNCC2)c1.Cl. The quantitative estimate of drug-likeness (QED) is 0.819. The van der Waals surface area contributed by atoms with Gasteiger partial charge in [-0.3, -0.25) is 4.79 Å². The van der Waals surface area contributed by atoms with E-state index < -0.39 is 0 Å². The summed E-state index contributed by atoms with van der Waals surface area (Å²) in [5.74, 6) is 0.678. The molecule has 1 aromatic rings. The van der Waals surface area contributed by atoms with Gasteiger partial charge in [-0.1, -0.05) is 17.7 Å². The van der Waals surface area contributed by atoms with Crippen LogP contribution >= 0.6 is 12.4 Å². The predicted molar refractivity (Wildman–Crippen MR) is 82.8 cm³/mol. The lowest BCUT2D eigenvalue weighted by Crippen LogP contribution is -2.29. The first-order valence-corrected chi connectivity index (χ1v) is 6.69. The van der Waals surface area contributed by atoms with Crippen LogP contribution in [0.25, 0.3) is 0 Å². The summed E-state index contributed by atoms with van der Waals surface area (Å²) in [5.41, 5.74) is 1.92. The Morgan fingerprint density at radius 3 is 3.00 bits per heavy atom. The van der Waals surface area contributed by atoms with Gasteiger partial charge in [0.1, 0.15) is 5.75 Å². The van der Waals surface area contributed by atoms with E-state index in [1.165, 1.54) is 5.57 Å². The Morgan fingerprint density at radius 1 is 1.45 bits per heavy atom. The number of ether oxygens (including phenoxy) is 1. The largest absolute Gasteiger partial charge is 0.494 e. The minimum absolute atomic E-state index is 0. The van der Waals surface area contributed by atoms with Crippen LogP contribution in [0.15, 0.2) is 35.9 Å². The highest BCUT2D eigenvalue weighted by atomic mass is 35.5. The van der Waals surface area contributed by atoms with E-state index in [2.05, 4.69) is 16.7 Å². The first-order chi connectivity index (χ1) is 9.29. The van der Waals surface area contributed by atoms with Crippen molar-refractivity contribution in [2.75, 3.05) is 26.2 Å². The molecule has 0 atom stereocenters. The molecule has 5 heteroatoms. The fourth-order valence-corrected chi connectivity index (χ4v) is 2.02. The third kappa shape index (κ3) is 4.87. The Bertz CT molecular complexity index is 475. The van der Waals surface area contributed by atoms with E-state index in [0.29, 0.717) is 18.7 Å². The van der Waals surface area contributed by atoms with Gasteiger partial charge in [-0.2, -0.15) is 0 Å². The van der Waals surface area contributed by atoms with Gasteiger partial charge in [0, 0.05) is 18.7 Å². The van der Waals surface area contributed by atoms with Crippen LogP contribution in [-0.4, -0.2) is 32.1 Å². The van der Waals surface area contributed by atoms with Crippen molar-refractivity contribution in [1.82, 2.24) is 10.6 Å². The number of nitrogens with one attached hydrogen (secondary N) is 2. The lowest BCUT2D eigenvalue weighted by molar-refractivity contribution is 0.0956. The van der Waals surface area contributed by atoms with E-state index in [1.54, 1.807) is 12.1 Å². The van der Waals surface area contributed by atoms with Crippen LogP contribution in [0.4, 0.5) is 0 Å². The van der Waals surface area contributed by atoms with Crippen molar-refractivity contribution in [3.8, 4) is 5.75 Å². The van der Waals surface area contributed by atoms with E-state index in [1.807, 2.05) is 19.1 Å². The van der Waals surface area contributed by atoms with Gasteiger partial charge in [0.15, 0.2) is 0 Å². The molecular formula is C15H21ClN2O2. The molecule has 2 N–H and O–H groups in total. The van der Waals surface area contributed by atoms with Crippen LogP contribution in [-0.2, 0) is 0 Å². The van der Waals surface area contributed by atoms with Gasteiger partial charge in [0.05, 0.1) is 6.61 Å². The summed E-state index contributed by atoms with van der Waals surface area (Å²) in [6.45, 7) is 5.03. The molecule has 4 nitrogen and oxygen atoms in total. The molecular weight excluding hydrogens is 276 g/mol. The first kappa shape index (κ1) is 16.5. The van der Waals surface area contributed by atoms with E-state index in [0.717, 1.165) is 25.3 Å². The molecule has 1 heterocycles. The van der Waals surface area contributed by atoms with E-state index in [9.17, 15) is 4.79 Å². The second-order valence-corrected chi connectivity index (χ2v) is 4.46. The number of benzene rings is 1. The lowest BCUT2D eigenvalue weighted by Gasteiger charge is -2.14. The van der Waals surface area contributed by atoms with Crippen molar-refractivity contribution in [2.45, 2.75) is 13.3 Å². The van der Waals surface area contributed by atoms with Crippen LogP contribution < -0.4 is 15.4 Å². The van der Waals surface area contributed by atoms with Gasteiger partial charge >= 0.3 is 0 Å². The highest BCUT2D eigenvalue weighted by molar-refractivity contribution is 5.94. The van der Waals surface area contributed by atoms with Gasteiger partial charge < -0.3 is 15.4 Å². The normalized spacial score (nSPS) is 13.9. The smallest absolute Gasteiger partial charge is 0.251 e. The van der Waals surface area contributed by atoms with Gasteiger partial charge in [-0.15, -0.1) is 12.4 Å². The fourth-order valence-electron chi connectivity index (χ4n) is 2.02. The fraction of sp³-hybridized carbons (Fsp3) is 0.400. The Morgan fingerprint density at radius 2 is 2.30 bits per heavy atom. The molecule has 0 radical (unpaired) electrons. The average Bonchev–Trinajstić information content (AvgIpc) is 2.46. The zero-order valence-corrected chi connectivity index (χ0v) is 12.5. The van der Waals surface area contributed by atoms with Crippen LogP contribution in [0.5, 0.6) is 5.75 Å². The molecule has 0 unspecified atom stereocenters. The highest BCUT2D eigenvalue weighted by Gasteiger charge is 2.08. The number of hydrogen-bond donors (Lipinski definition) is 2. The maximum Gasteiger partial charge on any atom is 0.251 e. The molecule has 1 aliphatic rings. The number of carbonyl (C=O) groups is 1. The molecule has 1 amide bonds. The number of rotatable bonds is 5. The summed E-state index contributed by atoms with van der Waals surface area (Å²) < 4.78 is 5.39. The van der Waals surface area contributed by atoms with Crippen molar-refractivity contribution in [1.29, 1.82) is 0 Å². The minimum atomic E-state index is -0.0546. The summed E-state index contributed by atoms with van der Waals surface area (Å²) in [4.78, 5) is 12.0. The Hall–Kier alpha value is -1.52. The molecule has 0 aromatic heterocycles. The summed E-state index contributed by atoms with van der Waals surface area (Å²) in [7, 11) is 0. The van der Waals surface area contributed by atoms with Crippen molar-refractivity contribution < 1.29 is 9.53 Å². The monoisotopic (exact) mass is 296 g/mol. The summed E-state index contributed by atoms with van der Waals surface area (Å²) in [6, 6.07) is 7.27. The molecule has 0 spiro atoms. The third-order valence-corrected chi connectivity index (χ3v) is 3.04. The zero-order chi connectivity index (χ0) is 13.5. The summed E-state index contributed by atoms with van der Waals surface area (Å²) in [6.07, 6.45) is 3.14. The van der Waals surface area contributed by atoms with Gasteiger partial charge in [-0.25, -0.2) is 0 Å². The molecule has 0 fully saturated rings. The number of amides is 1. The molecule has 20 heavy (non-hydrogen) atoms. The Kier molecular flexibility index (Phi) is 7.12. The average molecular weight is 297 g/mol. The Balaban J connectivity index is 0.00000200. The predicted octanol–water partition coefficient (Wildman–Crippen LogP) is 2.16. The van der Waals surface area contributed by atoms with Crippen LogP contribution in [0.2, 0.25) is 0 Å². The van der Waals surface area contributed by atoms with Crippen LogP contribution in [0, 0.1) is 0 Å². The van der Waals surface area contributed by atoms with Gasteiger partial charge in [0.2, 0.25) is 0 Å². The van der Waals surface area contributed by atoms with E-state index in [4.69, 9.17) is 4.74 Å². The molecule has 0 bridgehead atoms. The van der Waals surface area contributed by atoms with Crippen LogP contribution in [0.1, 0.15) is 23.7 Å². The molecule has 1 aromatic carbocycles. The second kappa shape index (κ2) is 8.61. The summed E-state index contributed by atoms with van der Waals surface area (Å²) in [5, 5.41) is 6.20. The third-order valence-electron chi connectivity index (χ3n) is 3.04. The molecule has 0 aliphatic carbocycles. The highest BCUT2D eigenvalue weighted by Crippen LogP contribution is 2.13. The first-order valence-electron chi connectivity index (χ1n) is 6.69. The molecule has 0 saturated carbocycles. The maximum absolute atomic E-state index is 12.0.